The van der Waals surface area contributed by atoms with E-state index < -0.39 is 6.17 Å². The van der Waals surface area contributed by atoms with Crippen LogP contribution in [0.2, 0.25) is 0 Å². The Morgan fingerprint density at radius 2 is 1.93 bits per heavy atom. The zero-order valence-corrected chi connectivity index (χ0v) is 14.6. The van der Waals surface area contributed by atoms with E-state index in [1.54, 1.807) is 22.0 Å². The number of para-hydroxylation sites is 1. The van der Waals surface area contributed by atoms with E-state index in [4.69, 9.17) is 0 Å². The second kappa shape index (κ2) is 6.19. The molecule has 1 atom stereocenters. The smallest absolute Gasteiger partial charge is 0.262 e. The Hall–Kier alpha value is -3.22. The molecule has 1 fully saturated rings. The minimum absolute atomic E-state index is 0.0434. The number of fused-ring (bicyclic) bond motifs is 1. The molecule has 0 aliphatic carbocycles. The Morgan fingerprint density at radius 1 is 1.07 bits per heavy atom. The lowest BCUT2D eigenvalue weighted by Gasteiger charge is -2.17. The molecule has 0 bridgehead atoms. The molecule has 5 rings (SSSR count). The second-order valence-electron chi connectivity index (χ2n) is 6.87. The second-order valence-corrected chi connectivity index (χ2v) is 6.87. The molecule has 1 saturated heterocycles. The summed E-state index contributed by atoms with van der Waals surface area (Å²) in [5, 5.41) is 4.57. The first-order valence-electron chi connectivity index (χ1n) is 9.00. The lowest BCUT2D eigenvalue weighted by Crippen LogP contribution is -2.23. The normalized spacial score (nSPS) is 19.0. The van der Waals surface area contributed by atoms with Crippen molar-refractivity contribution < 1.29 is 9.18 Å². The van der Waals surface area contributed by atoms with E-state index in [9.17, 15) is 9.18 Å². The Labute approximate surface area is 155 Å². The summed E-state index contributed by atoms with van der Waals surface area (Å²) in [7, 11) is 0. The fraction of sp³-hybridized carbons (Fsp3) is 0.250. The van der Waals surface area contributed by atoms with Crippen LogP contribution in [0.25, 0.3) is 5.69 Å². The number of hydrogen-bond acceptors (Lipinski definition) is 4. The van der Waals surface area contributed by atoms with Crippen LogP contribution in [0.1, 0.15) is 22.5 Å². The summed E-state index contributed by atoms with van der Waals surface area (Å²) in [4.78, 5) is 20.8. The van der Waals surface area contributed by atoms with Gasteiger partial charge in [-0.3, -0.25) is 4.79 Å². The molecule has 0 N–H and O–H groups in total. The maximum absolute atomic E-state index is 13.4. The van der Waals surface area contributed by atoms with Gasteiger partial charge in [-0.25, -0.2) is 14.1 Å². The fourth-order valence-corrected chi connectivity index (χ4v) is 3.65. The topological polar surface area (TPSA) is 54.3 Å². The molecule has 2 aliphatic rings. The van der Waals surface area contributed by atoms with Crippen molar-refractivity contribution in [3.63, 3.8) is 0 Å². The summed E-state index contributed by atoms with van der Waals surface area (Å²) in [6, 6.07) is 13.4. The maximum atomic E-state index is 13.4. The Kier molecular flexibility index (Phi) is 3.67. The molecule has 4 heterocycles. The van der Waals surface area contributed by atoms with Crippen LogP contribution in [0.3, 0.4) is 0 Å². The van der Waals surface area contributed by atoms with Gasteiger partial charge in [0.1, 0.15) is 12.0 Å². The number of rotatable bonds is 3. The van der Waals surface area contributed by atoms with E-state index in [2.05, 4.69) is 10.1 Å². The maximum Gasteiger partial charge on any atom is 0.262 e. The van der Waals surface area contributed by atoms with Gasteiger partial charge in [0.05, 0.1) is 36.2 Å². The highest BCUT2D eigenvalue weighted by molar-refractivity contribution is 6.09. The lowest BCUT2D eigenvalue weighted by molar-refractivity contribution is 0.0996. The van der Waals surface area contributed by atoms with Gasteiger partial charge >= 0.3 is 0 Å². The van der Waals surface area contributed by atoms with E-state index >= 15 is 0 Å². The molecule has 2 aromatic heterocycles. The van der Waals surface area contributed by atoms with Crippen molar-refractivity contribution in [3.8, 4) is 5.69 Å². The number of pyridine rings is 1. The molecule has 6 nitrogen and oxygen atoms in total. The minimum atomic E-state index is -0.779. The minimum Gasteiger partial charge on any atom is -0.354 e. The molecule has 1 aromatic carbocycles. The summed E-state index contributed by atoms with van der Waals surface area (Å²) in [5.74, 6) is 0.725. The summed E-state index contributed by atoms with van der Waals surface area (Å²) in [6.45, 7) is 1.54. The van der Waals surface area contributed by atoms with Crippen LogP contribution in [0.4, 0.5) is 15.9 Å². The summed E-state index contributed by atoms with van der Waals surface area (Å²) in [6.07, 6.45) is 3.24. The highest BCUT2D eigenvalue weighted by atomic mass is 19.1. The van der Waals surface area contributed by atoms with Crippen LogP contribution in [0, 0.1) is 0 Å². The number of nitrogens with zero attached hydrogens (tertiary/aromatic N) is 5. The van der Waals surface area contributed by atoms with E-state index in [-0.39, 0.29) is 5.91 Å². The third-order valence-electron chi connectivity index (χ3n) is 5.09. The Morgan fingerprint density at radius 3 is 2.59 bits per heavy atom. The number of aromatic nitrogens is 3. The summed E-state index contributed by atoms with van der Waals surface area (Å²) >= 11 is 0. The average Bonchev–Trinajstić information content (AvgIpc) is 3.39. The highest BCUT2D eigenvalue weighted by Gasteiger charge is 2.32. The van der Waals surface area contributed by atoms with Crippen LogP contribution >= 0.6 is 0 Å². The zero-order valence-electron chi connectivity index (χ0n) is 14.6. The molecule has 1 amide bonds. The van der Waals surface area contributed by atoms with E-state index in [1.807, 2.05) is 47.4 Å². The first-order valence-corrected chi connectivity index (χ1v) is 9.00. The first-order chi connectivity index (χ1) is 13.2. The number of alkyl halides is 1. The first kappa shape index (κ1) is 16.0. The van der Waals surface area contributed by atoms with Crippen LogP contribution in [0.5, 0.6) is 0 Å². The molecule has 0 radical (unpaired) electrons. The zero-order chi connectivity index (χ0) is 18.4. The van der Waals surface area contributed by atoms with Crippen molar-refractivity contribution in [1.82, 2.24) is 14.8 Å². The standard InChI is InChI=1S/C20H18FN5O/c21-14-8-9-24(11-14)19-7-6-16(10-22-19)26-12-17-18(23-26)13-25(20(17)27)15-4-2-1-3-5-15/h1-7,10,12,14H,8-9,11,13H2/t14-/m1/s1. The van der Waals surface area contributed by atoms with Gasteiger partial charge in [-0.1, -0.05) is 18.2 Å². The monoisotopic (exact) mass is 363 g/mol. The molecule has 27 heavy (non-hydrogen) atoms. The van der Waals surface area contributed by atoms with Crippen molar-refractivity contribution in [3.05, 3.63) is 66.1 Å². The summed E-state index contributed by atoms with van der Waals surface area (Å²) in [5.41, 5.74) is 3.02. The van der Waals surface area contributed by atoms with Gasteiger partial charge in [0.2, 0.25) is 0 Å². The van der Waals surface area contributed by atoms with Crippen LogP contribution in [0.15, 0.2) is 54.9 Å². The SMILES string of the molecule is O=C1c2cn(-c3ccc(N4CC[C@@H](F)C4)nc3)nc2CN1c1ccccc1. The predicted octanol–water partition coefficient (Wildman–Crippen LogP) is 2.98. The van der Waals surface area contributed by atoms with E-state index in [0.717, 1.165) is 22.9 Å². The molecular weight excluding hydrogens is 345 g/mol. The molecule has 2 aliphatic heterocycles. The molecule has 7 heteroatoms. The largest absolute Gasteiger partial charge is 0.354 e. The molecular formula is C20H18FN5O. The highest BCUT2D eigenvalue weighted by Crippen LogP contribution is 2.28. The van der Waals surface area contributed by atoms with Crippen LogP contribution < -0.4 is 9.80 Å². The Bertz CT molecular complexity index is 985. The van der Waals surface area contributed by atoms with Crippen molar-refractivity contribution in [2.24, 2.45) is 0 Å². The van der Waals surface area contributed by atoms with E-state index in [1.165, 1.54) is 0 Å². The van der Waals surface area contributed by atoms with Gasteiger partial charge in [0.25, 0.3) is 5.91 Å². The predicted molar refractivity (Wildman–Crippen MR) is 100 cm³/mol. The molecule has 3 aromatic rings. The Balaban J connectivity index is 1.37. The number of carbonyl (C=O) groups is 1. The van der Waals surface area contributed by atoms with Crippen LogP contribution in [-0.2, 0) is 6.54 Å². The van der Waals surface area contributed by atoms with Gasteiger partial charge < -0.3 is 9.80 Å². The third kappa shape index (κ3) is 2.75. The lowest BCUT2D eigenvalue weighted by atomic mass is 10.3. The van der Waals surface area contributed by atoms with Gasteiger partial charge in [-0.15, -0.1) is 0 Å². The van der Waals surface area contributed by atoms with E-state index in [0.29, 0.717) is 31.6 Å². The number of anilines is 2. The fourth-order valence-electron chi connectivity index (χ4n) is 3.65. The van der Waals surface area contributed by atoms with Gasteiger partial charge in [0, 0.05) is 18.4 Å². The van der Waals surface area contributed by atoms with Gasteiger partial charge in [-0.2, -0.15) is 5.10 Å². The van der Waals surface area contributed by atoms with Crippen LogP contribution in [-0.4, -0.2) is 39.9 Å². The van der Waals surface area contributed by atoms with Gasteiger partial charge in [0.15, 0.2) is 0 Å². The molecule has 136 valence electrons. The van der Waals surface area contributed by atoms with Crippen molar-refractivity contribution in [2.75, 3.05) is 22.9 Å². The van der Waals surface area contributed by atoms with Crippen molar-refractivity contribution in [2.45, 2.75) is 19.1 Å². The number of carbonyl (C=O) groups excluding carboxylic acids is 1. The quantitative estimate of drug-likeness (QED) is 0.718. The third-order valence-corrected chi connectivity index (χ3v) is 5.09. The molecule has 0 spiro atoms. The van der Waals surface area contributed by atoms with Crippen molar-refractivity contribution >= 4 is 17.4 Å². The van der Waals surface area contributed by atoms with Crippen molar-refractivity contribution in [1.29, 1.82) is 0 Å². The average molecular weight is 363 g/mol. The number of amides is 1. The number of halogens is 1. The molecule has 0 unspecified atom stereocenters. The summed E-state index contributed by atoms with van der Waals surface area (Å²) < 4.78 is 15.1. The van der Waals surface area contributed by atoms with Gasteiger partial charge in [-0.05, 0) is 30.7 Å². The molecule has 0 saturated carbocycles. The number of benzene rings is 1. The number of hydrogen-bond donors (Lipinski definition) is 0.